The number of rotatable bonds is 13. The molecule has 0 aliphatic carbocycles. The molecule has 0 aliphatic heterocycles. The zero-order chi connectivity index (χ0) is 31.7. The molecule has 44 heavy (non-hydrogen) atoms. The molecule has 8 heteroatoms. The second-order valence-electron chi connectivity index (χ2n) is 11.2. The molecule has 7 nitrogen and oxygen atoms in total. The minimum Gasteiger partial charge on any atom is -0.354 e. The lowest BCUT2D eigenvalue weighted by Crippen LogP contribution is -2.53. The summed E-state index contributed by atoms with van der Waals surface area (Å²) in [6, 6.07) is 30.1. The molecule has 0 saturated heterocycles. The van der Waals surface area contributed by atoms with E-state index in [0.29, 0.717) is 12.2 Å². The highest BCUT2D eigenvalue weighted by Gasteiger charge is 2.34. The Morgan fingerprint density at radius 2 is 1.34 bits per heavy atom. The minimum atomic E-state index is -4.13. The Hall–Kier alpha value is -4.43. The van der Waals surface area contributed by atoms with E-state index in [4.69, 9.17) is 0 Å². The number of carbonyl (C=O) groups is 2. The standard InChI is InChI=1S/C36H41N3O4S/c1-5-20-37-36(41)34(24-30-12-8-6-9-13-30)38(25-31-18-16-27(2)17-19-31)35(40)26-39(32-22-28(3)21-29(4)23-32)44(42,43)33-14-10-7-11-15-33/h6-19,21-23,34H,5,20,24-26H2,1-4H3,(H,37,41)/t34-/m0/s1. The van der Waals surface area contributed by atoms with Crippen LogP contribution >= 0.6 is 0 Å². The van der Waals surface area contributed by atoms with Crippen molar-refractivity contribution in [3.05, 3.63) is 131 Å². The predicted molar refractivity (Wildman–Crippen MR) is 176 cm³/mol. The summed E-state index contributed by atoms with van der Waals surface area (Å²) in [6.07, 6.45) is 1.02. The predicted octanol–water partition coefficient (Wildman–Crippen LogP) is 5.97. The van der Waals surface area contributed by atoms with E-state index >= 15 is 0 Å². The molecule has 1 N–H and O–H groups in total. The second kappa shape index (κ2) is 14.8. The van der Waals surface area contributed by atoms with Gasteiger partial charge in [-0.25, -0.2) is 8.42 Å². The van der Waals surface area contributed by atoms with Crippen LogP contribution in [0.1, 0.15) is 41.2 Å². The summed E-state index contributed by atoms with van der Waals surface area (Å²) in [7, 11) is -4.13. The van der Waals surface area contributed by atoms with Crippen molar-refractivity contribution < 1.29 is 18.0 Å². The molecule has 0 spiro atoms. The molecule has 1 atom stereocenters. The maximum atomic E-state index is 14.5. The summed E-state index contributed by atoms with van der Waals surface area (Å²) < 4.78 is 29.4. The van der Waals surface area contributed by atoms with Gasteiger partial charge in [-0.2, -0.15) is 0 Å². The highest BCUT2D eigenvalue weighted by molar-refractivity contribution is 7.92. The molecular weight excluding hydrogens is 570 g/mol. The first kappa shape index (κ1) is 32.5. The number of amides is 2. The summed E-state index contributed by atoms with van der Waals surface area (Å²) in [5.74, 6) is -0.753. The Bertz CT molecular complexity index is 1640. The van der Waals surface area contributed by atoms with E-state index in [9.17, 15) is 18.0 Å². The molecule has 0 saturated carbocycles. The first-order chi connectivity index (χ1) is 21.1. The van der Waals surface area contributed by atoms with Gasteiger partial charge in [-0.15, -0.1) is 0 Å². The van der Waals surface area contributed by atoms with E-state index in [0.717, 1.165) is 38.5 Å². The molecule has 4 rings (SSSR count). The van der Waals surface area contributed by atoms with E-state index in [1.807, 2.05) is 88.4 Å². The van der Waals surface area contributed by atoms with Gasteiger partial charge in [-0.3, -0.25) is 13.9 Å². The lowest BCUT2D eigenvalue weighted by molar-refractivity contribution is -0.140. The van der Waals surface area contributed by atoms with Crippen molar-refractivity contribution in [3.8, 4) is 0 Å². The summed E-state index contributed by atoms with van der Waals surface area (Å²) in [5.41, 5.74) is 4.95. The molecule has 4 aromatic carbocycles. The Morgan fingerprint density at radius 3 is 1.93 bits per heavy atom. The third-order valence-corrected chi connectivity index (χ3v) is 9.19. The van der Waals surface area contributed by atoms with E-state index in [1.54, 1.807) is 30.3 Å². The second-order valence-corrected chi connectivity index (χ2v) is 13.0. The van der Waals surface area contributed by atoms with Gasteiger partial charge in [-0.1, -0.05) is 91.3 Å². The van der Waals surface area contributed by atoms with Gasteiger partial charge in [0, 0.05) is 19.5 Å². The Morgan fingerprint density at radius 1 is 0.750 bits per heavy atom. The van der Waals surface area contributed by atoms with Crippen LogP contribution in [0.2, 0.25) is 0 Å². The van der Waals surface area contributed by atoms with Crippen LogP contribution in [0.5, 0.6) is 0 Å². The maximum Gasteiger partial charge on any atom is 0.264 e. The zero-order valence-electron chi connectivity index (χ0n) is 25.9. The first-order valence-electron chi connectivity index (χ1n) is 14.9. The molecule has 0 bridgehead atoms. The van der Waals surface area contributed by atoms with Gasteiger partial charge in [0.05, 0.1) is 10.6 Å². The minimum absolute atomic E-state index is 0.0820. The number of carbonyl (C=O) groups excluding carboxylic acids is 2. The van der Waals surface area contributed by atoms with Crippen LogP contribution in [0.4, 0.5) is 5.69 Å². The van der Waals surface area contributed by atoms with Gasteiger partial charge in [0.2, 0.25) is 11.8 Å². The monoisotopic (exact) mass is 611 g/mol. The molecule has 230 valence electrons. The average molecular weight is 612 g/mol. The highest BCUT2D eigenvalue weighted by atomic mass is 32.2. The summed E-state index contributed by atoms with van der Waals surface area (Å²) in [4.78, 5) is 29.8. The van der Waals surface area contributed by atoms with Crippen molar-refractivity contribution in [2.45, 2.75) is 58.0 Å². The molecule has 2 amide bonds. The Kier molecular flexibility index (Phi) is 11.0. The third-order valence-electron chi connectivity index (χ3n) is 7.40. The van der Waals surface area contributed by atoms with Gasteiger partial charge in [-0.05, 0) is 73.7 Å². The normalized spacial score (nSPS) is 11.9. The summed E-state index contributed by atoms with van der Waals surface area (Å²) in [5, 5.41) is 2.97. The molecule has 0 heterocycles. The van der Waals surface area contributed by atoms with E-state index in [1.165, 1.54) is 17.0 Å². The lowest BCUT2D eigenvalue weighted by atomic mass is 10.0. The molecule has 0 unspecified atom stereocenters. The van der Waals surface area contributed by atoms with Crippen molar-refractivity contribution in [3.63, 3.8) is 0 Å². The highest BCUT2D eigenvalue weighted by Crippen LogP contribution is 2.27. The third kappa shape index (κ3) is 8.35. The number of benzene rings is 4. The van der Waals surface area contributed by atoms with Crippen LogP contribution in [0.25, 0.3) is 0 Å². The fourth-order valence-corrected chi connectivity index (χ4v) is 6.57. The quantitative estimate of drug-likeness (QED) is 0.202. The summed E-state index contributed by atoms with van der Waals surface area (Å²) >= 11 is 0. The van der Waals surface area contributed by atoms with Crippen LogP contribution in [0, 0.1) is 20.8 Å². The van der Waals surface area contributed by atoms with Crippen molar-refractivity contribution >= 4 is 27.5 Å². The number of sulfonamides is 1. The van der Waals surface area contributed by atoms with Gasteiger partial charge in [0.1, 0.15) is 12.6 Å². The van der Waals surface area contributed by atoms with E-state index in [-0.39, 0.29) is 23.8 Å². The Balaban J connectivity index is 1.81. The summed E-state index contributed by atoms with van der Waals surface area (Å²) in [6.45, 7) is 7.87. The van der Waals surface area contributed by atoms with Gasteiger partial charge in [0.15, 0.2) is 0 Å². The van der Waals surface area contributed by atoms with Crippen LogP contribution in [-0.2, 0) is 32.6 Å². The van der Waals surface area contributed by atoms with Gasteiger partial charge in [0.25, 0.3) is 10.0 Å². The molecule has 0 radical (unpaired) electrons. The number of aryl methyl sites for hydroxylation is 3. The van der Waals surface area contributed by atoms with Crippen LogP contribution in [0.3, 0.4) is 0 Å². The van der Waals surface area contributed by atoms with Crippen LogP contribution in [0.15, 0.2) is 108 Å². The fraction of sp³-hybridized carbons (Fsp3) is 0.278. The van der Waals surface area contributed by atoms with Gasteiger partial charge < -0.3 is 10.2 Å². The smallest absolute Gasteiger partial charge is 0.264 e. The molecule has 0 fully saturated rings. The maximum absolute atomic E-state index is 14.5. The average Bonchev–Trinajstić information content (AvgIpc) is 3.01. The molecule has 0 aliphatic rings. The first-order valence-corrected chi connectivity index (χ1v) is 16.3. The number of hydrogen-bond donors (Lipinski definition) is 1. The van der Waals surface area contributed by atoms with Gasteiger partial charge >= 0.3 is 0 Å². The number of hydrogen-bond acceptors (Lipinski definition) is 4. The van der Waals surface area contributed by atoms with Crippen LogP contribution in [-0.4, -0.2) is 44.3 Å². The number of nitrogens with zero attached hydrogens (tertiary/aromatic N) is 2. The molecular formula is C36H41N3O4S. The molecule has 0 aromatic heterocycles. The van der Waals surface area contributed by atoms with Crippen molar-refractivity contribution in [2.24, 2.45) is 0 Å². The number of nitrogens with one attached hydrogen (secondary N) is 1. The van der Waals surface area contributed by atoms with Crippen molar-refractivity contribution in [1.29, 1.82) is 0 Å². The van der Waals surface area contributed by atoms with E-state index < -0.39 is 28.5 Å². The SMILES string of the molecule is CCCNC(=O)[C@H](Cc1ccccc1)N(Cc1ccc(C)cc1)C(=O)CN(c1cc(C)cc(C)c1)S(=O)(=O)c1ccccc1. The largest absolute Gasteiger partial charge is 0.354 e. The Labute approximate surface area is 261 Å². The molecule has 4 aromatic rings. The topological polar surface area (TPSA) is 86.8 Å². The fourth-order valence-electron chi connectivity index (χ4n) is 5.15. The van der Waals surface area contributed by atoms with Crippen molar-refractivity contribution in [1.82, 2.24) is 10.2 Å². The van der Waals surface area contributed by atoms with Crippen LogP contribution < -0.4 is 9.62 Å². The van der Waals surface area contributed by atoms with E-state index in [2.05, 4.69) is 5.32 Å². The van der Waals surface area contributed by atoms with Crippen molar-refractivity contribution in [2.75, 3.05) is 17.4 Å². The zero-order valence-corrected chi connectivity index (χ0v) is 26.7. The number of anilines is 1. The lowest BCUT2D eigenvalue weighted by Gasteiger charge is -2.34.